The number of nitrogens with one attached hydrogen (secondary N) is 1. The van der Waals surface area contributed by atoms with E-state index in [1.54, 1.807) is 23.3 Å². The molecule has 1 unspecified atom stereocenters. The zero-order valence-corrected chi connectivity index (χ0v) is 21.1. The molecule has 0 bridgehead atoms. The largest absolute Gasteiger partial charge is 0.486 e. The highest BCUT2D eigenvalue weighted by molar-refractivity contribution is 5.56. The summed E-state index contributed by atoms with van der Waals surface area (Å²) in [6.07, 6.45) is 4.61. The Hall–Kier alpha value is -3.65. The standard InChI is InChI=1S/C28H33N7O/c1-20(2)28(3,24-9-11-25(12-10-24)36-19-26-30-14-4-15-31-26)23-7-5-22(6-8-23)27-32-34-35(33-27)18-21-13-16-29-17-21/h4-12,14-15,20-21,29H,13,16-19H2,1-3H3/t21-,28?/m0/s1. The molecule has 2 aromatic carbocycles. The first-order chi connectivity index (χ1) is 17.5. The van der Waals surface area contributed by atoms with Crippen LogP contribution in [0.15, 0.2) is 67.0 Å². The minimum absolute atomic E-state index is 0.167. The van der Waals surface area contributed by atoms with Crippen LogP contribution in [0.3, 0.4) is 0 Å². The molecule has 36 heavy (non-hydrogen) atoms. The maximum Gasteiger partial charge on any atom is 0.204 e. The van der Waals surface area contributed by atoms with Gasteiger partial charge in [-0.1, -0.05) is 57.2 Å². The van der Waals surface area contributed by atoms with E-state index >= 15 is 0 Å². The number of tetrazole rings is 1. The predicted octanol–water partition coefficient (Wildman–Crippen LogP) is 4.28. The summed E-state index contributed by atoms with van der Waals surface area (Å²) >= 11 is 0. The first-order valence-electron chi connectivity index (χ1n) is 12.6. The summed E-state index contributed by atoms with van der Waals surface area (Å²) < 4.78 is 5.88. The zero-order valence-electron chi connectivity index (χ0n) is 21.1. The molecule has 1 fully saturated rings. The van der Waals surface area contributed by atoms with Crippen LogP contribution in [-0.4, -0.2) is 43.3 Å². The summed E-state index contributed by atoms with van der Waals surface area (Å²) in [5, 5.41) is 16.6. The van der Waals surface area contributed by atoms with E-state index in [9.17, 15) is 0 Å². The van der Waals surface area contributed by atoms with Gasteiger partial charge in [0.1, 0.15) is 12.4 Å². The summed E-state index contributed by atoms with van der Waals surface area (Å²) in [4.78, 5) is 10.2. The summed E-state index contributed by atoms with van der Waals surface area (Å²) in [5.74, 6) is 3.09. The number of rotatable bonds is 9. The zero-order chi connectivity index (χ0) is 25.0. The molecule has 0 aliphatic carbocycles. The van der Waals surface area contributed by atoms with Gasteiger partial charge in [0.15, 0.2) is 5.82 Å². The quantitative estimate of drug-likeness (QED) is 0.380. The Morgan fingerprint density at radius 2 is 1.72 bits per heavy atom. The Bertz CT molecular complexity index is 1250. The summed E-state index contributed by atoms with van der Waals surface area (Å²) in [7, 11) is 0. The van der Waals surface area contributed by atoms with E-state index < -0.39 is 0 Å². The van der Waals surface area contributed by atoms with Gasteiger partial charge in [0.05, 0.1) is 6.54 Å². The van der Waals surface area contributed by atoms with Gasteiger partial charge >= 0.3 is 0 Å². The molecule has 8 heteroatoms. The summed E-state index contributed by atoms with van der Waals surface area (Å²) in [5.41, 5.74) is 3.30. The van der Waals surface area contributed by atoms with Crippen LogP contribution >= 0.6 is 0 Å². The molecule has 4 aromatic rings. The first-order valence-corrected chi connectivity index (χ1v) is 12.6. The minimum atomic E-state index is -0.167. The molecular formula is C28H33N7O. The van der Waals surface area contributed by atoms with Gasteiger partial charge in [-0.3, -0.25) is 0 Å². The van der Waals surface area contributed by atoms with Crippen LogP contribution in [-0.2, 0) is 18.6 Å². The fourth-order valence-corrected chi connectivity index (χ4v) is 4.79. The van der Waals surface area contributed by atoms with Crippen LogP contribution in [0.25, 0.3) is 11.4 Å². The van der Waals surface area contributed by atoms with Crippen molar-refractivity contribution in [2.24, 2.45) is 11.8 Å². The van der Waals surface area contributed by atoms with Crippen molar-refractivity contribution in [3.05, 3.63) is 83.9 Å². The normalized spacial score (nSPS) is 17.3. The Morgan fingerprint density at radius 1 is 1.03 bits per heavy atom. The third-order valence-electron chi connectivity index (χ3n) is 7.38. The summed E-state index contributed by atoms with van der Waals surface area (Å²) in [6.45, 7) is 10.1. The number of aromatic nitrogens is 6. The number of nitrogens with zero attached hydrogens (tertiary/aromatic N) is 6. The molecule has 0 saturated carbocycles. The smallest absolute Gasteiger partial charge is 0.204 e. The molecule has 0 amide bonds. The van der Waals surface area contributed by atoms with Crippen molar-refractivity contribution in [2.45, 2.75) is 45.8 Å². The fourth-order valence-electron chi connectivity index (χ4n) is 4.79. The average molecular weight is 484 g/mol. The molecule has 0 spiro atoms. The Kier molecular flexibility index (Phi) is 7.04. The second-order valence-electron chi connectivity index (χ2n) is 9.94. The van der Waals surface area contributed by atoms with E-state index in [2.05, 4.69) is 87.9 Å². The second-order valence-corrected chi connectivity index (χ2v) is 9.94. The fraction of sp³-hybridized carbons (Fsp3) is 0.393. The van der Waals surface area contributed by atoms with Gasteiger partial charge in [-0.05, 0) is 65.9 Å². The number of hydrogen-bond donors (Lipinski definition) is 1. The van der Waals surface area contributed by atoms with Crippen LogP contribution in [0.2, 0.25) is 0 Å². The number of benzene rings is 2. The third kappa shape index (κ3) is 5.14. The van der Waals surface area contributed by atoms with Gasteiger partial charge < -0.3 is 10.1 Å². The lowest BCUT2D eigenvalue weighted by Gasteiger charge is -2.35. The van der Waals surface area contributed by atoms with E-state index in [4.69, 9.17) is 4.74 Å². The molecule has 1 saturated heterocycles. The van der Waals surface area contributed by atoms with Gasteiger partial charge in [-0.2, -0.15) is 4.80 Å². The summed E-state index contributed by atoms with van der Waals surface area (Å²) in [6, 6.07) is 18.7. The van der Waals surface area contributed by atoms with Crippen molar-refractivity contribution < 1.29 is 4.74 Å². The highest BCUT2D eigenvalue weighted by atomic mass is 16.5. The molecule has 2 atom stereocenters. The molecule has 5 rings (SSSR count). The molecular weight excluding hydrogens is 450 g/mol. The number of ether oxygens (including phenoxy) is 1. The Labute approximate surface area is 212 Å². The van der Waals surface area contributed by atoms with Crippen molar-refractivity contribution in [1.82, 2.24) is 35.5 Å². The van der Waals surface area contributed by atoms with Crippen molar-refractivity contribution >= 4 is 0 Å². The average Bonchev–Trinajstić information content (AvgIpc) is 3.61. The number of hydrogen-bond acceptors (Lipinski definition) is 7. The van der Waals surface area contributed by atoms with Crippen LogP contribution in [0.4, 0.5) is 0 Å². The molecule has 2 aromatic heterocycles. The maximum atomic E-state index is 5.88. The molecule has 3 heterocycles. The van der Waals surface area contributed by atoms with Crippen LogP contribution in [0.5, 0.6) is 5.75 Å². The highest BCUT2D eigenvalue weighted by Crippen LogP contribution is 2.40. The molecule has 8 nitrogen and oxygen atoms in total. The van der Waals surface area contributed by atoms with E-state index in [1.165, 1.54) is 11.1 Å². The maximum absolute atomic E-state index is 5.88. The molecule has 1 aliphatic heterocycles. The highest BCUT2D eigenvalue weighted by Gasteiger charge is 2.32. The molecule has 1 N–H and O–H groups in total. The van der Waals surface area contributed by atoms with Crippen LogP contribution < -0.4 is 10.1 Å². The minimum Gasteiger partial charge on any atom is -0.486 e. The lowest BCUT2D eigenvalue weighted by atomic mass is 9.68. The van der Waals surface area contributed by atoms with Gasteiger partial charge in [-0.25, -0.2) is 9.97 Å². The van der Waals surface area contributed by atoms with E-state index in [0.717, 1.165) is 37.4 Å². The van der Waals surface area contributed by atoms with Crippen molar-refractivity contribution in [1.29, 1.82) is 0 Å². The van der Waals surface area contributed by atoms with Crippen molar-refractivity contribution in [3.63, 3.8) is 0 Å². The Balaban J connectivity index is 1.30. The topological polar surface area (TPSA) is 90.6 Å². The first kappa shape index (κ1) is 24.1. The lowest BCUT2D eigenvalue weighted by Crippen LogP contribution is -2.30. The molecule has 186 valence electrons. The van der Waals surface area contributed by atoms with Crippen molar-refractivity contribution in [3.8, 4) is 17.1 Å². The van der Waals surface area contributed by atoms with E-state index in [-0.39, 0.29) is 5.41 Å². The van der Waals surface area contributed by atoms with Crippen LogP contribution in [0.1, 0.15) is 44.1 Å². The van der Waals surface area contributed by atoms with E-state index in [0.29, 0.717) is 30.1 Å². The van der Waals surface area contributed by atoms with Crippen LogP contribution in [0, 0.1) is 11.8 Å². The second kappa shape index (κ2) is 10.5. The Morgan fingerprint density at radius 3 is 2.36 bits per heavy atom. The predicted molar refractivity (Wildman–Crippen MR) is 138 cm³/mol. The monoisotopic (exact) mass is 483 g/mol. The van der Waals surface area contributed by atoms with Gasteiger partial charge in [-0.15, -0.1) is 10.2 Å². The third-order valence-corrected chi connectivity index (χ3v) is 7.38. The SMILES string of the molecule is CC(C)C(C)(c1ccc(OCc2ncccn2)cc1)c1ccc(-c2nnn(C[C@H]3CCNC3)n2)cc1. The van der Waals surface area contributed by atoms with Crippen molar-refractivity contribution in [2.75, 3.05) is 13.1 Å². The lowest BCUT2D eigenvalue weighted by molar-refractivity contribution is 0.295. The van der Waals surface area contributed by atoms with Gasteiger partial charge in [0.25, 0.3) is 0 Å². The van der Waals surface area contributed by atoms with E-state index in [1.807, 2.05) is 12.1 Å². The van der Waals surface area contributed by atoms with Gasteiger partial charge in [0.2, 0.25) is 5.82 Å². The molecule has 0 radical (unpaired) electrons. The molecule has 1 aliphatic rings. The van der Waals surface area contributed by atoms with Gasteiger partial charge in [0, 0.05) is 23.4 Å².